The lowest BCUT2D eigenvalue weighted by molar-refractivity contribution is 1.27. The minimum absolute atomic E-state index is 0.105. The fourth-order valence-corrected chi connectivity index (χ4v) is 4.33. The number of rotatable bonds is 2. The van der Waals surface area contributed by atoms with Gasteiger partial charge in [0.2, 0.25) is 5.56 Å². The van der Waals surface area contributed by atoms with Crippen molar-refractivity contribution < 1.29 is 0 Å². The van der Waals surface area contributed by atoms with E-state index >= 15 is 0 Å². The molecular formula is C32H27ClN4O. The lowest BCUT2D eigenvalue weighted by Gasteiger charge is -2.06. The second-order valence-electron chi connectivity index (χ2n) is 9.47. The molecule has 38 heavy (non-hydrogen) atoms. The average Bonchev–Trinajstić information content (AvgIpc) is 2.91. The predicted molar refractivity (Wildman–Crippen MR) is 157 cm³/mol. The molecule has 0 aliphatic rings. The van der Waals surface area contributed by atoms with Gasteiger partial charge in [-0.25, -0.2) is 4.98 Å². The van der Waals surface area contributed by atoms with Crippen LogP contribution in [0.5, 0.6) is 0 Å². The van der Waals surface area contributed by atoms with Crippen LogP contribution >= 0.6 is 11.6 Å². The van der Waals surface area contributed by atoms with Crippen molar-refractivity contribution in [3.8, 4) is 22.3 Å². The topological polar surface area (TPSA) is 71.5 Å². The maximum atomic E-state index is 11.3. The zero-order chi connectivity index (χ0) is 26.8. The van der Waals surface area contributed by atoms with Crippen LogP contribution in [0.15, 0.2) is 90.0 Å². The summed E-state index contributed by atoms with van der Waals surface area (Å²) < 4.78 is 0. The van der Waals surface area contributed by atoms with Crippen LogP contribution in [-0.4, -0.2) is 19.9 Å². The molecule has 0 fully saturated rings. The number of aryl methyl sites for hydroxylation is 4. The van der Waals surface area contributed by atoms with E-state index in [2.05, 4.69) is 84.0 Å². The molecule has 5 nitrogen and oxygen atoms in total. The van der Waals surface area contributed by atoms with Gasteiger partial charge in [0, 0.05) is 29.6 Å². The molecule has 0 saturated heterocycles. The molecule has 0 unspecified atom stereocenters. The zero-order valence-corrected chi connectivity index (χ0v) is 22.5. The van der Waals surface area contributed by atoms with E-state index < -0.39 is 0 Å². The van der Waals surface area contributed by atoms with Crippen LogP contribution in [0, 0.1) is 27.7 Å². The fraction of sp³-hybridized carbons (Fsp3) is 0.125. The highest BCUT2D eigenvalue weighted by molar-refractivity contribution is 6.29. The number of H-pyrrole nitrogens is 1. The Bertz CT molecular complexity index is 1860. The van der Waals surface area contributed by atoms with Crippen molar-refractivity contribution in [3.63, 3.8) is 0 Å². The highest BCUT2D eigenvalue weighted by Crippen LogP contribution is 2.25. The highest BCUT2D eigenvalue weighted by Gasteiger charge is 2.05. The Labute approximate surface area is 226 Å². The highest BCUT2D eigenvalue weighted by atomic mass is 35.5. The molecule has 0 atom stereocenters. The summed E-state index contributed by atoms with van der Waals surface area (Å²) in [6.07, 6.45) is 3.72. The molecular weight excluding hydrogens is 492 g/mol. The molecule has 0 saturated carbocycles. The van der Waals surface area contributed by atoms with E-state index in [1.165, 1.54) is 28.3 Å². The third-order valence-corrected chi connectivity index (χ3v) is 6.96. The number of aromatic amines is 1. The minimum atomic E-state index is -0.105. The van der Waals surface area contributed by atoms with Crippen molar-refractivity contribution in [1.29, 1.82) is 0 Å². The smallest absolute Gasteiger partial charge is 0.248 e. The summed E-state index contributed by atoms with van der Waals surface area (Å²) in [6, 6.07) is 23.6. The maximum Gasteiger partial charge on any atom is 0.248 e. The minimum Gasteiger partial charge on any atom is -0.321 e. The Hall–Kier alpha value is -4.35. The van der Waals surface area contributed by atoms with Crippen molar-refractivity contribution in [2.75, 3.05) is 0 Å². The molecule has 0 aliphatic heterocycles. The number of pyridine rings is 4. The molecule has 0 spiro atoms. The first-order chi connectivity index (χ1) is 18.3. The van der Waals surface area contributed by atoms with Gasteiger partial charge in [-0.2, -0.15) is 0 Å². The zero-order valence-electron chi connectivity index (χ0n) is 21.7. The van der Waals surface area contributed by atoms with Crippen LogP contribution in [-0.2, 0) is 0 Å². The van der Waals surface area contributed by atoms with Gasteiger partial charge in [-0.15, -0.1) is 0 Å². The summed E-state index contributed by atoms with van der Waals surface area (Å²) in [4.78, 5) is 27.3. The van der Waals surface area contributed by atoms with Crippen LogP contribution in [0.1, 0.15) is 22.3 Å². The van der Waals surface area contributed by atoms with Crippen molar-refractivity contribution in [1.82, 2.24) is 19.9 Å². The first-order valence-electron chi connectivity index (χ1n) is 12.3. The molecule has 0 bridgehead atoms. The molecule has 1 N–H and O–H groups in total. The molecule has 0 amide bonds. The van der Waals surface area contributed by atoms with Gasteiger partial charge in [0.05, 0.1) is 22.1 Å². The number of benzene rings is 2. The van der Waals surface area contributed by atoms with E-state index in [-0.39, 0.29) is 5.56 Å². The van der Waals surface area contributed by atoms with Gasteiger partial charge in [-0.1, -0.05) is 48.0 Å². The summed E-state index contributed by atoms with van der Waals surface area (Å²) in [5, 5.41) is 0.492. The van der Waals surface area contributed by atoms with Gasteiger partial charge in [0.15, 0.2) is 0 Å². The van der Waals surface area contributed by atoms with E-state index in [1.54, 1.807) is 12.1 Å². The quantitative estimate of drug-likeness (QED) is 0.238. The second-order valence-corrected chi connectivity index (χ2v) is 9.86. The summed E-state index contributed by atoms with van der Waals surface area (Å²) >= 11 is 5.92. The number of halogens is 1. The van der Waals surface area contributed by atoms with Gasteiger partial charge in [-0.3, -0.25) is 14.8 Å². The van der Waals surface area contributed by atoms with Crippen LogP contribution in [0.2, 0.25) is 5.15 Å². The molecule has 188 valence electrons. The second kappa shape index (κ2) is 10.6. The van der Waals surface area contributed by atoms with Gasteiger partial charge < -0.3 is 4.98 Å². The normalized spacial score (nSPS) is 10.9. The van der Waals surface area contributed by atoms with E-state index in [0.29, 0.717) is 5.15 Å². The Morgan fingerprint density at radius 3 is 1.79 bits per heavy atom. The van der Waals surface area contributed by atoms with Gasteiger partial charge >= 0.3 is 0 Å². The number of hydrogen-bond acceptors (Lipinski definition) is 4. The number of nitrogens with zero attached hydrogens (tertiary/aromatic N) is 3. The number of nitrogens with one attached hydrogen (secondary N) is 1. The Kier molecular flexibility index (Phi) is 7.03. The van der Waals surface area contributed by atoms with E-state index in [4.69, 9.17) is 11.6 Å². The molecule has 4 aromatic heterocycles. The number of fused-ring (bicyclic) bond motifs is 2. The first kappa shape index (κ1) is 25.3. The van der Waals surface area contributed by atoms with Gasteiger partial charge in [-0.05, 0) is 91.4 Å². The number of aromatic nitrogens is 4. The lowest BCUT2D eigenvalue weighted by atomic mass is 10.0. The molecule has 6 heteroatoms. The summed E-state index contributed by atoms with van der Waals surface area (Å²) in [5.74, 6) is 0. The Morgan fingerprint density at radius 2 is 1.16 bits per heavy atom. The van der Waals surface area contributed by atoms with Crippen LogP contribution in [0.25, 0.3) is 44.3 Å². The van der Waals surface area contributed by atoms with E-state index in [0.717, 1.165) is 44.3 Å². The Morgan fingerprint density at radius 1 is 0.579 bits per heavy atom. The largest absolute Gasteiger partial charge is 0.321 e. The SMILES string of the molecule is Cc1ccc(-c2cnc3ccc(=O)[nH]c3c2)cc1C.Cc1ccc(-c2cnc3ccc(Cl)nc3c2)cc1C. The Balaban J connectivity index is 0.000000155. The van der Waals surface area contributed by atoms with Crippen molar-refractivity contribution >= 4 is 33.7 Å². The van der Waals surface area contributed by atoms with Crippen LogP contribution in [0.3, 0.4) is 0 Å². The molecule has 4 heterocycles. The van der Waals surface area contributed by atoms with Crippen molar-refractivity contribution in [2.45, 2.75) is 27.7 Å². The predicted octanol–water partition coefficient (Wildman–Crippen LogP) is 7.77. The molecule has 6 aromatic rings. The van der Waals surface area contributed by atoms with E-state index in [1.807, 2.05) is 30.6 Å². The van der Waals surface area contributed by atoms with Crippen LogP contribution < -0.4 is 5.56 Å². The molecule has 0 aliphatic carbocycles. The van der Waals surface area contributed by atoms with Gasteiger partial charge in [0.25, 0.3) is 0 Å². The van der Waals surface area contributed by atoms with Crippen LogP contribution in [0.4, 0.5) is 0 Å². The molecule has 0 radical (unpaired) electrons. The maximum absolute atomic E-state index is 11.3. The van der Waals surface area contributed by atoms with Gasteiger partial charge in [0.1, 0.15) is 5.15 Å². The lowest BCUT2D eigenvalue weighted by Crippen LogP contribution is -2.03. The summed E-state index contributed by atoms with van der Waals surface area (Å²) in [6.45, 7) is 8.41. The van der Waals surface area contributed by atoms with Crippen molar-refractivity contribution in [2.24, 2.45) is 0 Å². The first-order valence-corrected chi connectivity index (χ1v) is 12.7. The standard InChI is InChI=1S/C16H13ClN2.C16H14N2O/c1-10-3-4-12(7-11(10)2)13-8-15-14(18-9-13)5-6-16(17)19-15;1-10-3-4-12(7-11(10)2)13-8-15-14(17-9-13)5-6-16(19)18-15/h3-9H,1-2H3;3-9H,1-2H3,(H,18,19). The summed E-state index contributed by atoms with van der Waals surface area (Å²) in [7, 11) is 0. The third kappa shape index (κ3) is 5.48. The average molecular weight is 519 g/mol. The molecule has 6 rings (SSSR count). The third-order valence-electron chi connectivity index (χ3n) is 6.75. The fourth-order valence-electron chi connectivity index (χ4n) is 4.18. The monoisotopic (exact) mass is 518 g/mol. The van der Waals surface area contributed by atoms with Crippen molar-refractivity contribution in [3.05, 3.63) is 123 Å². The summed E-state index contributed by atoms with van der Waals surface area (Å²) in [5.41, 5.74) is 12.6. The molecule has 2 aromatic carbocycles. The van der Waals surface area contributed by atoms with E-state index in [9.17, 15) is 4.79 Å². The number of hydrogen-bond donors (Lipinski definition) is 1.